The maximum absolute atomic E-state index is 11.9. The number of ether oxygens (including phenoxy) is 2. The molecule has 2 rings (SSSR count). The molecule has 21 heavy (non-hydrogen) atoms. The molecule has 0 saturated heterocycles. The van der Waals surface area contributed by atoms with Crippen molar-refractivity contribution in [2.24, 2.45) is 0 Å². The summed E-state index contributed by atoms with van der Waals surface area (Å²) in [5.41, 5.74) is 0.405. The summed E-state index contributed by atoms with van der Waals surface area (Å²) in [4.78, 5) is 3.87. The van der Waals surface area contributed by atoms with Crippen LogP contribution in [0, 0.1) is 0 Å². The van der Waals surface area contributed by atoms with E-state index in [1.807, 2.05) is 0 Å². The zero-order chi connectivity index (χ0) is 15.5. The van der Waals surface area contributed by atoms with Crippen molar-refractivity contribution in [3.8, 4) is 23.0 Å². The topological polar surface area (TPSA) is 77.6 Å². The number of hydrogen-bond donors (Lipinski definition) is 1. The summed E-state index contributed by atoms with van der Waals surface area (Å²) in [6.45, 7) is -1.81. The number of phenols is 1. The first-order valence-corrected chi connectivity index (χ1v) is 5.73. The molecule has 6 nitrogen and oxygen atoms in total. The Morgan fingerprint density at radius 1 is 1.33 bits per heavy atom. The number of alkyl halides is 3. The molecule has 1 heterocycles. The maximum atomic E-state index is 11.9. The summed E-state index contributed by atoms with van der Waals surface area (Å²) in [7, 11) is 1.40. The molecule has 0 aliphatic carbocycles. The number of nitrogens with zero attached hydrogens (tertiary/aromatic N) is 2. The average Bonchev–Trinajstić information content (AvgIpc) is 2.86. The van der Waals surface area contributed by atoms with Gasteiger partial charge in [-0.3, -0.25) is 0 Å². The van der Waals surface area contributed by atoms with E-state index in [4.69, 9.17) is 9.26 Å². The minimum absolute atomic E-state index is 0.0236. The molecule has 1 aromatic carbocycles. The van der Waals surface area contributed by atoms with Crippen LogP contribution in [0.5, 0.6) is 11.5 Å². The van der Waals surface area contributed by atoms with Gasteiger partial charge in [-0.2, -0.15) is 18.2 Å². The fourth-order valence-electron chi connectivity index (χ4n) is 1.51. The number of benzene rings is 1. The molecule has 0 spiro atoms. The van der Waals surface area contributed by atoms with E-state index in [1.54, 1.807) is 6.07 Å². The molecule has 0 radical (unpaired) electrons. The highest BCUT2D eigenvalue weighted by molar-refractivity contribution is 5.59. The van der Waals surface area contributed by atoms with Crippen LogP contribution in [0.2, 0.25) is 0 Å². The third-order valence-electron chi connectivity index (χ3n) is 2.39. The summed E-state index contributed by atoms with van der Waals surface area (Å²) in [5.74, 6) is 0.179. The monoisotopic (exact) mass is 304 g/mol. The average molecular weight is 304 g/mol. The number of halogens is 3. The zero-order valence-electron chi connectivity index (χ0n) is 10.8. The van der Waals surface area contributed by atoms with Gasteiger partial charge in [0.15, 0.2) is 17.3 Å². The van der Waals surface area contributed by atoms with Crippen molar-refractivity contribution >= 4 is 0 Å². The number of phenolic OH excluding ortho intramolecular Hbond substituents is 1. The largest absolute Gasteiger partial charge is 0.504 e. The van der Waals surface area contributed by atoms with Gasteiger partial charge in [0.25, 0.3) is 5.89 Å². The molecule has 0 saturated carbocycles. The van der Waals surface area contributed by atoms with Gasteiger partial charge in [-0.05, 0) is 18.2 Å². The Bertz CT molecular complexity index is 613. The van der Waals surface area contributed by atoms with Crippen molar-refractivity contribution in [1.82, 2.24) is 10.1 Å². The first kappa shape index (κ1) is 15.1. The Labute approximate surface area is 117 Å². The molecular formula is C12H11F3N2O4. The Hall–Kier alpha value is -2.29. The van der Waals surface area contributed by atoms with E-state index < -0.39 is 19.4 Å². The third kappa shape index (κ3) is 4.09. The van der Waals surface area contributed by atoms with Gasteiger partial charge in [0.2, 0.25) is 0 Å². The van der Waals surface area contributed by atoms with E-state index in [0.29, 0.717) is 5.56 Å². The smallest absolute Gasteiger partial charge is 0.411 e. The second-order valence-electron chi connectivity index (χ2n) is 4.01. The molecule has 9 heteroatoms. The minimum Gasteiger partial charge on any atom is -0.504 e. The molecule has 0 amide bonds. The van der Waals surface area contributed by atoms with Gasteiger partial charge < -0.3 is 19.1 Å². The molecular weight excluding hydrogens is 293 g/mol. The number of methoxy groups -OCH3 is 1. The van der Waals surface area contributed by atoms with Crippen molar-refractivity contribution in [2.45, 2.75) is 12.8 Å². The maximum Gasteiger partial charge on any atom is 0.411 e. The van der Waals surface area contributed by atoms with Crippen molar-refractivity contribution in [3.63, 3.8) is 0 Å². The van der Waals surface area contributed by atoms with Crippen LogP contribution >= 0.6 is 0 Å². The molecule has 1 aromatic heterocycles. The normalized spacial score (nSPS) is 11.6. The van der Waals surface area contributed by atoms with E-state index in [2.05, 4.69) is 14.9 Å². The van der Waals surface area contributed by atoms with E-state index in [-0.39, 0.29) is 23.2 Å². The van der Waals surface area contributed by atoms with Crippen LogP contribution in [0.1, 0.15) is 5.82 Å². The summed E-state index contributed by atoms with van der Waals surface area (Å²) in [6, 6.07) is 4.40. The predicted molar refractivity (Wildman–Crippen MR) is 63.7 cm³/mol. The van der Waals surface area contributed by atoms with E-state index in [1.165, 1.54) is 19.2 Å². The van der Waals surface area contributed by atoms with Gasteiger partial charge in [-0.15, -0.1) is 0 Å². The fourth-order valence-corrected chi connectivity index (χ4v) is 1.51. The van der Waals surface area contributed by atoms with Gasteiger partial charge in [0, 0.05) is 5.56 Å². The van der Waals surface area contributed by atoms with Crippen LogP contribution in [0.4, 0.5) is 13.2 Å². The number of aromatic hydroxyl groups is 1. The molecule has 0 atom stereocenters. The van der Waals surface area contributed by atoms with Crippen molar-refractivity contribution in [1.29, 1.82) is 0 Å². The summed E-state index contributed by atoms with van der Waals surface area (Å²) in [5, 5.41) is 13.1. The highest BCUT2D eigenvalue weighted by Crippen LogP contribution is 2.30. The van der Waals surface area contributed by atoms with Crippen molar-refractivity contribution < 1.29 is 32.3 Å². The molecule has 1 N–H and O–H groups in total. The summed E-state index contributed by atoms with van der Waals surface area (Å²) < 4.78 is 49.9. The second-order valence-corrected chi connectivity index (χ2v) is 4.01. The lowest BCUT2D eigenvalue weighted by molar-refractivity contribution is -0.177. The molecule has 0 fully saturated rings. The first-order chi connectivity index (χ1) is 9.89. The SMILES string of the molecule is COc1ccc(-c2nc(COCC(F)(F)F)no2)cc1O. The number of rotatable bonds is 5. The lowest BCUT2D eigenvalue weighted by Gasteiger charge is -2.04. The Balaban J connectivity index is 2.04. The van der Waals surface area contributed by atoms with Crippen LogP contribution in [0.15, 0.2) is 22.7 Å². The highest BCUT2D eigenvalue weighted by atomic mass is 19.4. The van der Waals surface area contributed by atoms with Crippen LogP contribution in [-0.2, 0) is 11.3 Å². The minimum atomic E-state index is -4.41. The van der Waals surface area contributed by atoms with Crippen molar-refractivity contribution in [2.75, 3.05) is 13.7 Å². The van der Waals surface area contributed by atoms with E-state index >= 15 is 0 Å². The predicted octanol–water partition coefficient (Wildman–Crippen LogP) is 2.53. The van der Waals surface area contributed by atoms with Gasteiger partial charge in [0.1, 0.15) is 13.2 Å². The van der Waals surface area contributed by atoms with Crippen LogP contribution < -0.4 is 4.74 Å². The molecule has 114 valence electrons. The van der Waals surface area contributed by atoms with Gasteiger partial charge in [0.05, 0.1) is 7.11 Å². The summed E-state index contributed by atoms with van der Waals surface area (Å²) >= 11 is 0. The van der Waals surface area contributed by atoms with Gasteiger partial charge in [-0.25, -0.2) is 0 Å². The quantitative estimate of drug-likeness (QED) is 0.914. The van der Waals surface area contributed by atoms with Crippen LogP contribution in [0.25, 0.3) is 11.5 Å². The lowest BCUT2D eigenvalue weighted by atomic mass is 10.2. The van der Waals surface area contributed by atoms with Crippen LogP contribution in [0.3, 0.4) is 0 Å². The molecule has 2 aromatic rings. The van der Waals surface area contributed by atoms with Gasteiger partial charge >= 0.3 is 6.18 Å². The zero-order valence-corrected chi connectivity index (χ0v) is 10.8. The summed E-state index contributed by atoms with van der Waals surface area (Å²) in [6.07, 6.45) is -4.41. The fraction of sp³-hybridized carbons (Fsp3) is 0.333. The second kappa shape index (κ2) is 6.00. The van der Waals surface area contributed by atoms with Gasteiger partial charge in [-0.1, -0.05) is 5.16 Å². The highest BCUT2D eigenvalue weighted by Gasteiger charge is 2.27. The third-order valence-corrected chi connectivity index (χ3v) is 2.39. The number of aromatic nitrogens is 2. The lowest BCUT2D eigenvalue weighted by Crippen LogP contribution is -2.16. The molecule has 0 aliphatic rings. The van der Waals surface area contributed by atoms with Crippen molar-refractivity contribution in [3.05, 3.63) is 24.0 Å². The Kier molecular flexibility index (Phi) is 4.32. The Morgan fingerprint density at radius 2 is 2.10 bits per heavy atom. The molecule has 0 aliphatic heterocycles. The first-order valence-electron chi connectivity index (χ1n) is 5.73. The van der Waals surface area contributed by atoms with Crippen LogP contribution in [-0.4, -0.2) is 35.1 Å². The van der Waals surface area contributed by atoms with E-state index in [9.17, 15) is 18.3 Å². The molecule has 0 unspecified atom stereocenters. The van der Waals surface area contributed by atoms with E-state index in [0.717, 1.165) is 0 Å². The standard InChI is InChI=1S/C12H11F3N2O4/c1-19-9-3-2-7(4-8(9)18)11-16-10(17-21-11)5-20-6-12(13,14)15/h2-4,18H,5-6H2,1H3. The Morgan fingerprint density at radius 3 is 2.71 bits per heavy atom. The molecule has 0 bridgehead atoms. The number of hydrogen-bond acceptors (Lipinski definition) is 6.